The van der Waals surface area contributed by atoms with Crippen molar-refractivity contribution in [2.75, 3.05) is 17.2 Å². The summed E-state index contributed by atoms with van der Waals surface area (Å²) in [6, 6.07) is 2.61. The van der Waals surface area contributed by atoms with E-state index in [9.17, 15) is 0 Å². The largest absolute Gasteiger partial charge is 0.367 e. The van der Waals surface area contributed by atoms with Crippen LogP contribution >= 0.6 is 0 Å². The molecule has 2 atom stereocenters. The van der Waals surface area contributed by atoms with Crippen LogP contribution < -0.4 is 10.6 Å². The molecule has 2 N–H and O–H groups in total. The van der Waals surface area contributed by atoms with E-state index in [0.717, 1.165) is 29.9 Å². The van der Waals surface area contributed by atoms with Crippen molar-refractivity contribution >= 4 is 11.8 Å². The molecule has 2 rings (SSSR count). The molecule has 0 amide bonds. The van der Waals surface area contributed by atoms with E-state index >= 15 is 0 Å². The van der Waals surface area contributed by atoms with Crippen LogP contribution in [0.1, 0.15) is 51.6 Å². The monoisotopic (exact) mass is 262 g/mol. The molecule has 0 spiro atoms. The maximum atomic E-state index is 4.53. The Morgan fingerprint density at radius 1 is 1.26 bits per heavy atom. The Morgan fingerprint density at radius 2 is 2.11 bits per heavy atom. The fraction of sp³-hybridized carbons (Fsp3) is 0.733. The van der Waals surface area contributed by atoms with E-state index in [1.807, 2.05) is 13.0 Å². The lowest BCUT2D eigenvalue weighted by atomic mass is 9.84. The lowest BCUT2D eigenvalue weighted by molar-refractivity contribution is 0.327. The van der Waals surface area contributed by atoms with Crippen LogP contribution in [0.15, 0.2) is 6.07 Å². The quantitative estimate of drug-likeness (QED) is 0.851. The van der Waals surface area contributed by atoms with Crippen LogP contribution in [-0.4, -0.2) is 22.6 Å². The molecule has 0 aliphatic heterocycles. The summed E-state index contributed by atoms with van der Waals surface area (Å²) in [4.78, 5) is 8.92. The molecule has 4 nitrogen and oxygen atoms in total. The second-order valence-electron chi connectivity index (χ2n) is 5.53. The number of aryl methyl sites for hydroxylation is 1. The number of hydrogen-bond donors (Lipinski definition) is 2. The maximum absolute atomic E-state index is 4.53. The average Bonchev–Trinajstić information content (AvgIpc) is 2.38. The summed E-state index contributed by atoms with van der Waals surface area (Å²) in [6.45, 7) is 7.23. The second kappa shape index (κ2) is 6.73. The number of aromatic nitrogens is 2. The zero-order valence-electron chi connectivity index (χ0n) is 12.4. The Balaban J connectivity index is 2.01. The molecule has 0 saturated heterocycles. The highest BCUT2D eigenvalue weighted by Crippen LogP contribution is 2.28. The predicted octanol–water partition coefficient (Wildman–Crippen LogP) is 3.60. The fourth-order valence-corrected chi connectivity index (χ4v) is 2.88. The van der Waals surface area contributed by atoms with Gasteiger partial charge in [-0.2, -0.15) is 4.98 Å². The minimum Gasteiger partial charge on any atom is -0.367 e. The number of rotatable bonds is 5. The van der Waals surface area contributed by atoms with Crippen molar-refractivity contribution in [2.45, 2.75) is 58.9 Å². The molecule has 1 heterocycles. The van der Waals surface area contributed by atoms with Gasteiger partial charge in [0.15, 0.2) is 0 Å². The molecule has 19 heavy (non-hydrogen) atoms. The third kappa shape index (κ3) is 4.08. The minimum absolute atomic E-state index is 0.572. The van der Waals surface area contributed by atoms with E-state index in [-0.39, 0.29) is 0 Å². The highest BCUT2D eigenvalue weighted by Gasteiger charge is 2.21. The van der Waals surface area contributed by atoms with Crippen LogP contribution in [0.5, 0.6) is 0 Å². The van der Waals surface area contributed by atoms with Gasteiger partial charge in [0.2, 0.25) is 5.95 Å². The van der Waals surface area contributed by atoms with Gasteiger partial charge in [0, 0.05) is 24.3 Å². The summed E-state index contributed by atoms with van der Waals surface area (Å²) in [5.41, 5.74) is 1.01. The molecule has 0 radical (unpaired) electrons. The summed E-state index contributed by atoms with van der Waals surface area (Å²) in [5.74, 6) is 2.57. The molecule has 1 aliphatic carbocycles. The summed E-state index contributed by atoms with van der Waals surface area (Å²) in [5, 5.41) is 6.78. The third-order valence-electron chi connectivity index (χ3n) is 3.90. The fourth-order valence-electron chi connectivity index (χ4n) is 2.88. The average molecular weight is 262 g/mol. The zero-order chi connectivity index (χ0) is 13.7. The van der Waals surface area contributed by atoms with E-state index in [1.54, 1.807) is 0 Å². The van der Waals surface area contributed by atoms with Crippen molar-refractivity contribution in [3.8, 4) is 0 Å². The Bertz CT molecular complexity index is 405. The summed E-state index contributed by atoms with van der Waals surface area (Å²) >= 11 is 0. The molecule has 1 saturated carbocycles. The molecule has 4 heteroatoms. The molecule has 1 aromatic heterocycles. The Labute approximate surface area is 116 Å². The van der Waals surface area contributed by atoms with Crippen LogP contribution in [0.3, 0.4) is 0 Å². The molecule has 0 bridgehead atoms. The van der Waals surface area contributed by atoms with Gasteiger partial charge in [-0.05, 0) is 32.6 Å². The van der Waals surface area contributed by atoms with Crippen LogP contribution in [0.25, 0.3) is 0 Å². The molecular weight excluding hydrogens is 236 g/mol. The van der Waals surface area contributed by atoms with E-state index in [1.165, 1.54) is 32.1 Å². The number of hydrogen-bond acceptors (Lipinski definition) is 4. The third-order valence-corrected chi connectivity index (χ3v) is 3.90. The van der Waals surface area contributed by atoms with Crippen molar-refractivity contribution in [1.82, 2.24) is 9.97 Å². The second-order valence-corrected chi connectivity index (χ2v) is 5.53. The van der Waals surface area contributed by atoms with Gasteiger partial charge < -0.3 is 10.6 Å². The molecule has 1 aromatic rings. The van der Waals surface area contributed by atoms with Gasteiger partial charge in [0.25, 0.3) is 0 Å². The topological polar surface area (TPSA) is 49.8 Å². The van der Waals surface area contributed by atoms with Gasteiger partial charge in [-0.15, -0.1) is 0 Å². The smallest absolute Gasteiger partial charge is 0.224 e. The van der Waals surface area contributed by atoms with Crippen LogP contribution in [0.2, 0.25) is 0 Å². The van der Waals surface area contributed by atoms with Crippen molar-refractivity contribution in [3.63, 3.8) is 0 Å². The first kappa shape index (κ1) is 14.1. The summed E-state index contributed by atoms with van der Waals surface area (Å²) < 4.78 is 0. The van der Waals surface area contributed by atoms with Gasteiger partial charge in [-0.3, -0.25) is 0 Å². The maximum Gasteiger partial charge on any atom is 0.224 e. The minimum atomic E-state index is 0.572. The van der Waals surface area contributed by atoms with Gasteiger partial charge >= 0.3 is 0 Å². The lowest BCUT2D eigenvalue weighted by Gasteiger charge is -2.29. The van der Waals surface area contributed by atoms with Gasteiger partial charge in [0.05, 0.1) is 0 Å². The molecule has 0 aromatic carbocycles. The first-order valence-electron chi connectivity index (χ1n) is 7.57. The number of anilines is 2. The highest BCUT2D eigenvalue weighted by atomic mass is 15.1. The van der Waals surface area contributed by atoms with Crippen molar-refractivity contribution in [2.24, 2.45) is 5.92 Å². The normalized spacial score (nSPS) is 23.1. The molecule has 2 unspecified atom stereocenters. The van der Waals surface area contributed by atoms with E-state index in [0.29, 0.717) is 6.04 Å². The van der Waals surface area contributed by atoms with Gasteiger partial charge in [-0.1, -0.05) is 26.2 Å². The SMILES string of the molecule is CCNc1nc(C)cc(NC2CCCC(CC)C2)n1. The number of nitrogens with zero attached hydrogens (tertiary/aromatic N) is 2. The Morgan fingerprint density at radius 3 is 2.84 bits per heavy atom. The first-order valence-corrected chi connectivity index (χ1v) is 7.57. The Kier molecular flexibility index (Phi) is 5.00. The van der Waals surface area contributed by atoms with Crippen molar-refractivity contribution in [3.05, 3.63) is 11.8 Å². The van der Waals surface area contributed by atoms with Gasteiger partial charge in [0.1, 0.15) is 5.82 Å². The highest BCUT2D eigenvalue weighted by molar-refractivity contribution is 5.42. The standard InChI is InChI=1S/C15H26N4/c1-4-12-7-6-8-13(10-12)18-14-9-11(3)17-15(19-14)16-5-2/h9,12-13H,4-8,10H2,1-3H3,(H2,16,17,18,19). The lowest BCUT2D eigenvalue weighted by Crippen LogP contribution is -2.27. The first-order chi connectivity index (χ1) is 9.21. The Hall–Kier alpha value is -1.32. The molecular formula is C15H26N4. The van der Waals surface area contributed by atoms with Crippen molar-refractivity contribution in [1.29, 1.82) is 0 Å². The van der Waals surface area contributed by atoms with Crippen molar-refractivity contribution < 1.29 is 0 Å². The van der Waals surface area contributed by atoms with Crippen LogP contribution in [-0.2, 0) is 0 Å². The molecule has 106 valence electrons. The summed E-state index contributed by atoms with van der Waals surface area (Å²) in [7, 11) is 0. The van der Waals surface area contributed by atoms with Crippen LogP contribution in [0.4, 0.5) is 11.8 Å². The zero-order valence-corrected chi connectivity index (χ0v) is 12.4. The number of nitrogens with one attached hydrogen (secondary N) is 2. The summed E-state index contributed by atoms with van der Waals surface area (Å²) in [6.07, 6.45) is 6.55. The van der Waals surface area contributed by atoms with E-state index < -0.39 is 0 Å². The van der Waals surface area contributed by atoms with E-state index in [4.69, 9.17) is 0 Å². The van der Waals surface area contributed by atoms with Crippen LogP contribution in [0, 0.1) is 12.8 Å². The predicted molar refractivity (Wildman–Crippen MR) is 80.6 cm³/mol. The molecule has 1 aliphatic rings. The van der Waals surface area contributed by atoms with Gasteiger partial charge in [-0.25, -0.2) is 4.98 Å². The van der Waals surface area contributed by atoms with E-state index in [2.05, 4.69) is 34.4 Å². The molecule has 1 fully saturated rings.